The summed E-state index contributed by atoms with van der Waals surface area (Å²) in [7, 11) is -4.70. The summed E-state index contributed by atoms with van der Waals surface area (Å²) in [5, 5.41) is 0. The van der Waals surface area contributed by atoms with Crippen molar-refractivity contribution in [1.29, 1.82) is 0 Å². The average Bonchev–Trinajstić information content (AvgIpc) is 2.63. The third-order valence-electron chi connectivity index (χ3n) is 4.13. The molecule has 0 spiro atoms. The summed E-state index contributed by atoms with van der Waals surface area (Å²) >= 11 is 0. The minimum atomic E-state index is -4.70. The standard InChI is InChI=1S/C19H37O8P/c1-3-5-7-9-11-13-18(20)25-15-17(16-26-28(22,23)24)27-19(21)14-12-10-8-6-4-2/h17H,3-16H2,1-2H3,(H2,22,23,24)/t17-/m1/s1. The van der Waals surface area contributed by atoms with Gasteiger partial charge in [0.2, 0.25) is 0 Å². The number of carbonyl (C=O) groups is 2. The molecule has 0 heterocycles. The molecule has 0 aromatic carbocycles. The van der Waals surface area contributed by atoms with Crippen molar-refractivity contribution in [2.45, 2.75) is 97.0 Å². The summed E-state index contributed by atoms with van der Waals surface area (Å²) in [6.07, 6.45) is 9.29. The van der Waals surface area contributed by atoms with Crippen molar-refractivity contribution in [1.82, 2.24) is 0 Å². The molecule has 0 rings (SSSR count). The lowest BCUT2D eigenvalue weighted by Crippen LogP contribution is -2.29. The molecular formula is C19H37O8P. The summed E-state index contributed by atoms with van der Waals surface area (Å²) in [4.78, 5) is 41.4. The van der Waals surface area contributed by atoms with Crippen molar-refractivity contribution in [3.63, 3.8) is 0 Å². The second kappa shape index (κ2) is 17.0. The second-order valence-corrected chi connectivity index (χ2v) is 8.15. The zero-order chi connectivity index (χ0) is 21.3. The SMILES string of the molecule is CCCCCCCC(=O)OC[C@H](COP(=O)(O)O)OC(=O)CCCCCCC. The van der Waals surface area contributed by atoms with Crippen LogP contribution in [0.15, 0.2) is 0 Å². The summed E-state index contributed by atoms with van der Waals surface area (Å²) < 4.78 is 25.6. The van der Waals surface area contributed by atoms with Crippen LogP contribution >= 0.6 is 7.82 Å². The van der Waals surface area contributed by atoms with Gasteiger partial charge in [-0.2, -0.15) is 0 Å². The molecule has 0 radical (unpaired) electrons. The monoisotopic (exact) mass is 424 g/mol. The Labute approximate surface area is 168 Å². The topological polar surface area (TPSA) is 119 Å². The van der Waals surface area contributed by atoms with E-state index in [1.807, 2.05) is 0 Å². The van der Waals surface area contributed by atoms with Crippen molar-refractivity contribution in [3.8, 4) is 0 Å². The highest BCUT2D eigenvalue weighted by Crippen LogP contribution is 2.35. The molecule has 0 aliphatic heterocycles. The highest BCUT2D eigenvalue weighted by atomic mass is 31.2. The van der Waals surface area contributed by atoms with Crippen LogP contribution < -0.4 is 0 Å². The van der Waals surface area contributed by atoms with Crippen LogP contribution in [0.1, 0.15) is 90.9 Å². The molecule has 166 valence electrons. The van der Waals surface area contributed by atoms with Gasteiger partial charge in [-0.15, -0.1) is 0 Å². The van der Waals surface area contributed by atoms with Crippen LogP contribution in [0.4, 0.5) is 0 Å². The van der Waals surface area contributed by atoms with E-state index < -0.39 is 32.5 Å². The molecule has 0 bridgehead atoms. The Balaban J connectivity index is 4.26. The van der Waals surface area contributed by atoms with Crippen LogP contribution in [-0.2, 0) is 28.2 Å². The van der Waals surface area contributed by atoms with Gasteiger partial charge in [0, 0.05) is 12.8 Å². The Morgan fingerprint density at radius 2 is 1.29 bits per heavy atom. The van der Waals surface area contributed by atoms with E-state index in [-0.39, 0.29) is 19.4 Å². The van der Waals surface area contributed by atoms with Gasteiger partial charge in [-0.3, -0.25) is 14.1 Å². The summed E-state index contributed by atoms with van der Waals surface area (Å²) in [5.74, 6) is -0.917. The lowest BCUT2D eigenvalue weighted by molar-refractivity contribution is -0.161. The first kappa shape index (κ1) is 27.0. The fourth-order valence-electron chi connectivity index (χ4n) is 2.55. The van der Waals surface area contributed by atoms with Crippen LogP contribution in [0, 0.1) is 0 Å². The van der Waals surface area contributed by atoms with Gasteiger partial charge in [0.1, 0.15) is 6.61 Å². The number of esters is 2. The molecule has 9 heteroatoms. The van der Waals surface area contributed by atoms with Gasteiger partial charge in [-0.1, -0.05) is 65.2 Å². The Kier molecular flexibility index (Phi) is 16.4. The maximum Gasteiger partial charge on any atom is 0.469 e. The summed E-state index contributed by atoms with van der Waals surface area (Å²) in [6.45, 7) is 3.40. The molecule has 2 N–H and O–H groups in total. The molecule has 0 aromatic rings. The quantitative estimate of drug-likeness (QED) is 0.190. The molecule has 0 fully saturated rings. The molecule has 1 atom stereocenters. The van der Waals surface area contributed by atoms with Gasteiger partial charge in [0.25, 0.3) is 0 Å². The Bertz CT molecular complexity index is 463. The molecule has 28 heavy (non-hydrogen) atoms. The van der Waals surface area contributed by atoms with E-state index in [2.05, 4.69) is 18.4 Å². The first-order valence-corrected chi connectivity index (χ1v) is 11.9. The molecule has 0 saturated heterocycles. The van der Waals surface area contributed by atoms with Crippen LogP contribution in [0.25, 0.3) is 0 Å². The first-order valence-electron chi connectivity index (χ1n) is 10.3. The van der Waals surface area contributed by atoms with Gasteiger partial charge < -0.3 is 19.3 Å². The largest absolute Gasteiger partial charge is 0.469 e. The van der Waals surface area contributed by atoms with Crippen LogP contribution in [0.3, 0.4) is 0 Å². The molecule has 0 aromatic heterocycles. The zero-order valence-electron chi connectivity index (χ0n) is 17.3. The predicted octanol–water partition coefficient (Wildman–Crippen LogP) is 4.27. The number of carbonyl (C=O) groups excluding carboxylic acids is 2. The van der Waals surface area contributed by atoms with Crippen LogP contribution in [0.2, 0.25) is 0 Å². The van der Waals surface area contributed by atoms with Gasteiger partial charge in [0.05, 0.1) is 6.61 Å². The predicted molar refractivity (Wildman–Crippen MR) is 106 cm³/mol. The van der Waals surface area contributed by atoms with E-state index in [1.165, 1.54) is 0 Å². The van der Waals surface area contributed by atoms with E-state index >= 15 is 0 Å². The summed E-state index contributed by atoms with van der Waals surface area (Å²) in [5.41, 5.74) is 0. The smallest absolute Gasteiger partial charge is 0.462 e. The van der Waals surface area contributed by atoms with Crippen molar-refractivity contribution in [3.05, 3.63) is 0 Å². The maximum absolute atomic E-state index is 11.9. The highest BCUT2D eigenvalue weighted by molar-refractivity contribution is 7.46. The van der Waals surface area contributed by atoms with Crippen molar-refractivity contribution >= 4 is 19.8 Å². The lowest BCUT2D eigenvalue weighted by Gasteiger charge is -2.18. The van der Waals surface area contributed by atoms with E-state index in [0.717, 1.165) is 57.8 Å². The Hall–Kier alpha value is -0.950. The Morgan fingerprint density at radius 1 is 0.786 bits per heavy atom. The average molecular weight is 424 g/mol. The third-order valence-corrected chi connectivity index (χ3v) is 4.61. The molecular weight excluding hydrogens is 387 g/mol. The molecule has 0 amide bonds. The number of rotatable bonds is 18. The minimum absolute atomic E-state index is 0.210. The molecule has 8 nitrogen and oxygen atoms in total. The number of phosphoric ester groups is 1. The molecule has 0 unspecified atom stereocenters. The molecule has 0 aliphatic rings. The van der Waals surface area contributed by atoms with Gasteiger partial charge in [-0.05, 0) is 12.8 Å². The van der Waals surface area contributed by atoms with E-state index in [1.54, 1.807) is 0 Å². The number of hydrogen-bond donors (Lipinski definition) is 2. The van der Waals surface area contributed by atoms with Crippen LogP contribution in [0.5, 0.6) is 0 Å². The normalized spacial score (nSPS) is 12.6. The van der Waals surface area contributed by atoms with Crippen molar-refractivity contribution in [2.24, 2.45) is 0 Å². The van der Waals surface area contributed by atoms with Gasteiger partial charge >= 0.3 is 19.8 Å². The van der Waals surface area contributed by atoms with Crippen molar-refractivity contribution < 1.29 is 37.9 Å². The number of unbranched alkanes of at least 4 members (excludes halogenated alkanes) is 8. The van der Waals surface area contributed by atoms with Gasteiger partial charge in [-0.25, -0.2) is 4.57 Å². The van der Waals surface area contributed by atoms with Gasteiger partial charge in [0.15, 0.2) is 6.10 Å². The van der Waals surface area contributed by atoms with Crippen LogP contribution in [-0.4, -0.2) is 41.0 Å². The van der Waals surface area contributed by atoms with E-state index in [0.29, 0.717) is 6.42 Å². The second-order valence-electron chi connectivity index (χ2n) is 6.91. The van der Waals surface area contributed by atoms with E-state index in [9.17, 15) is 14.2 Å². The number of phosphoric acid groups is 1. The maximum atomic E-state index is 11.9. The van der Waals surface area contributed by atoms with E-state index in [4.69, 9.17) is 19.3 Å². The molecule has 0 aliphatic carbocycles. The number of ether oxygens (including phenoxy) is 2. The first-order chi connectivity index (χ1) is 13.3. The molecule has 0 saturated carbocycles. The highest BCUT2D eigenvalue weighted by Gasteiger charge is 2.22. The fraction of sp³-hybridized carbons (Fsp3) is 0.895. The summed E-state index contributed by atoms with van der Waals surface area (Å²) in [6, 6.07) is 0. The zero-order valence-corrected chi connectivity index (χ0v) is 18.2. The third kappa shape index (κ3) is 18.4. The fourth-order valence-corrected chi connectivity index (χ4v) is 2.91. The minimum Gasteiger partial charge on any atom is -0.462 e. The number of hydrogen-bond acceptors (Lipinski definition) is 6. The lowest BCUT2D eigenvalue weighted by atomic mass is 10.1. The Morgan fingerprint density at radius 3 is 1.79 bits per heavy atom. The van der Waals surface area contributed by atoms with Crippen molar-refractivity contribution in [2.75, 3.05) is 13.2 Å².